The Balaban J connectivity index is 1.88. The molecule has 110 valence electrons. The van der Waals surface area contributed by atoms with Gasteiger partial charge in [0.1, 0.15) is 11.5 Å². The minimum absolute atomic E-state index is 0.151. The van der Waals surface area contributed by atoms with E-state index < -0.39 is 9.84 Å². The van der Waals surface area contributed by atoms with E-state index in [1.54, 1.807) is 18.2 Å². The van der Waals surface area contributed by atoms with Gasteiger partial charge in [0.25, 0.3) is 0 Å². The summed E-state index contributed by atoms with van der Waals surface area (Å²) in [5.74, 6) is 2.15. The van der Waals surface area contributed by atoms with Crippen molar-refractivity contribution in [3.8, 4) is 23.0 Å². The van der Waals surface area contributed by atoms with Gasteiger partial charge < -0.3 is 19.9 Å². The lowest BCUT2D eigenvalue weighted by atomic mass is 10.3. The topological polar surface area (TPSA) is 87.9 Å². The highest BCUT2D eigenvalue weighted by Crippen LogP contribution is 2.37. The molecule has 0 radical (unpaired) electrons. The van der Waals surface area contributed by atoms with Crippen LogP contribution < -0.4 is 19.9 Å². The second kappa shape index (κ2) is 4.85. The quantitative estimate of drug-likeness (QED) is 0.875. The van der Waals surface area contributed by atoms with Crippen molar-refractivity contribution in [2.45, 2.75) is 4.90 Å². The highest BCUT2D eigenvalue weighted by molar-refractivity contribution is 7.90. The minimum Gasteiger partial charge on any atom is -0.455 e. The van der Waals surface area contributed by atoms with Crippen LogP contribution in [0, 0.1) is 0 Å². The molecule has 1 heterocycles. The maximum absolute atomic E-state index is 11.5. The van der Waals surface area contributed by atoms with Gasteiger partial charge in [0.2, 0.25) is 6.79 Å². The van der Waals surface area contributed by atoms with E-state index in [1.165, 1.54) is 18.2 Å². The van der Waals surface area contributed by atoms with Crippen LogP contribution >= 0.6 is 0 Å². The molecule has 0 saturated carbocycles. The third-order valence-electron chi connectivity index (χ3n) is 2.98. The molecule has 0 aliphatic carbocycles. The molecule has 0 amide bonds. The molecule has 0 bridgehead atoms. The molecule has 0 aromatic heterocycles. The number of benzene rings is 2. The van der Waals surface area contributed by atoms with Crippen LogP contribution in [0.1, 0.15) is 0 Å². The lowest BCUT2D eigenvalue weighted by molar-refractivity contribution is 0.174. The summed E-state index contributed by atoms with van der Waals surface area (Å²) in [6.45, 7) is 0.185. The SMILES string of the molecule is CS(=O)(=O)c1ccc(Oc2ccc3c(c2)OCO3)c(N)c1. The van der Waals surface area contributed by atoms with Crippen molar-refractivity contribution in [2.75, 3.05) is 18.8 Å². The fourth-order valence-corrected chi connectivity index (χ4v) is 2.57. The minimum atomic E-state index is -3.30. The van der Waals surface area contributed by atoms with E-state index in [0.717, 1.165) is 6.26 Å². The summed E-state index contributed by atoms with van der Waals surface area (Å²) < 4.78 is 39.0. The van der Waals surface area contributed by atoms with Gasteiger partial charge in [-0.05, 0) is 30.3 Å². The first kappa shape index (κ1) is 13.6. The molecule has 2 aromatic rings. The molecule has 0 atom stereocenters. The normalized spacial score (nSPS) is 13.2. The number of sulfone groups is 1. The van der Waals surface area contributed by atoms with Gasteiger partial charge in [0.05, 0.1) is 10.6 Å². The Kier molecular flexibility index (Phi) is 3.13. The van der Waals surface area contributed by atoms with Crippen molar-refractivity contribution in [1.82, 2.24) is 0 Å². The molecular formula is C14H13NO5S. The molecule has 2 aromatic carbocycles. The van der Waals surface area contributed by atoms with Crippen LogP contribution in [0.2, 0.25) is 0 Å². The van der Waals surface area contributed by atoms with Gasteiger partial charge in [-0.15, -0.1) is 0 Å². The van der Waals surface area contributed by atoms with Gasteiger partial charge in [-0.25, -0.2) is 8.42 Å². The van der Waals surface area contributed by atoms with Crippen LogP contribution in [-0.2, 0) is 9.84 Å². The average molecular weight is 307 g/mol. The van der Waals surface area contributed by atoms with Gasteiger partial charge in [0, 0.05) is 12.3 Å². The Morgan fingerprint density at radius 3 is 2.57 bits per heavy atom. The number of hydrogen-bond acceptors (Lipinski definition) is 6. The van der Waals surface area contributed by atoms with Crippen LogP contribution in [0.15, 0.2) is 41.3 Å². The van der Waals surface area contributed by atoms with Crippen molar-refractivity contribution in [3.05, 3.63) is 36.4 Å². The zero-order valence-corrected chi connectivity index (χ0v) is 12.0. The van der Waals surface area contributed by atoms with E-state index in [4.69, 9.17) is 19.9 Å². The summed E-state index contributed by atoms with van der Waals surface area (Å²) in [4.78, 5) is 0.151. The van der Waals surface area contributed by atoms with Crippen molar-refractivity contribution >= 4 is 15.5 Å². The highest BCUT2D eigenvalue weighted by Gasteiger charge is 2.15. The van der Waals surface area contributed by atoms with Crippen molar-refractivity contribution in [2.24, 2.45) is 0 Å². The largest absolute Gasteiger partial charge is 0.455 e. The fraction of sp³-hybridized carbons (Fsp3) is 0.143. The van der Waals surface area contributed by atoms with Crippen molar-refractivity contribution in [3.63, 3.8) is 0 Å². The third kappa shape index (κ3) is 2.73. The highest BCUT2D eigenvalue weighted by atomic mass is 32.2. The Morgan fingerprint density at radius 1 is 1.10 bits per heavy atom. The summed E-state index contributed by atoms with van der Waals surface area (Å²) in [7, 11) is -3.30. The van der Waals surface area contributed by atoms with Gasteiger partial charge in [-0.1, -0.05) is 0 Å². The molecule has 0 fully saturated rings. The number of nitrogen functional groups attached to an aromatic ring is 1. The molecule has 0 spiro atoms. The Hall–Kier alpha value is -2.41. The first-order valence-corrected chi connectivity index (χ1v) is 8.00. The molecule has 1 aliphatic heterocycles. The first-order valence-electron chi connectivity index (χ1n) is 6.10. The average Bonchev–Trinajstić information content (AvgIpc) is 2.87. The maximum atomic E-state index is 11.5. The molecule has 3 rings (SSSR count). The lowest BCUT2D eigenvalue weighted by Crippen LogP contribution is -1.99. The summed E-state index contributed by atoms with van der Waals surface area (Å²) in [5, 5.41) is 0. The van der Waals surface area contributed by atoms with Crippen LogP contribution in [-0.4, -0.2) is 21.5 Å². The first-order chi connectivity index (χ1) is 9.93. The molecule has 0 saturated heterocycles. The third-order valence-corrected chi connectivity index (χ3v) is 4.09. The number of ether oxygens (including phenoxy) is 3. The molecule has 2 N–H and O–H groups in total. The zero-order chi connectivity index (χ0) is 15.0. The Labute approximate surface area is 122 Å². The Bertz CT molecular complexity index is 801. The number of fused-ring (bicyclic) bond motifs is 1. The molecule has 7 heteroatoms. The number of nitrogens with two attached hydrogens (primary N) is 1. The summed E-state index contributed by atoms with van der Waals surface area (Å²) in [5.41, 5.74) is 6.08. The molecular weight excluding hydrogens is 294 g/mol. The van der Waals surface area contributed by atoms with Gasteiger partial charge in [0.15, 0.2) is 21.3 Å². The molecule has 1 aliphatic rings. The van der Waals surface area contributed by atoms with Gasteiger partial charge in [-0.3, -0.25) is 0 Å². The molecule has 0 unspecified atom stereocenters. The predicted molar refractivity (Wildman–Crippen MR) is 76.6 cm³/mol. The standard InChI is InChI=1S/C14H13NO5S/c1-21(16,17)10-3-5-12(11(15)7-10)20-9-2-4-13-14(6-9)19-8-18-13/h2-7H,8,15H2,1H3. The smallest absolute Gasteiger partial charge is 0.231 e. The number of rotatable bonds is 3. The summed E-state index contributed by atoms with van der Waals surface area (Å²) in [6, 6.07) is 9.49. The lowest BCUT2D eigenvalue weighted by Gasteiger charge is -2.10. The van der Waals surface area contributed by atoms with E-state index in [0.29, 0.717) is 23.0 Å². The Morgan fingerprint density at radius 2 is 1.86 bits per heavy atom. The maximum Gasteiger partial charge on any atom is 0.231 e. The van der Waals surface area contributed by atoms with Crippen LogP contribution in [0.4, 0.5) is 5.69 Å². The van der Waals surface area contributed by atoms with Crippen LogP contribution in [0.5, 0.6) is 23.0 Å². The van der Waals surface area contributed by atoms with Crippen LogP contribution in [0.3, 0.4) is 0 Å². The molecule has 6 nitrogen and oxygen atoms in total. The summed E-state index contributed by atoms with van der Waals surface area (Å²) in [6.07, 6.45) is 1.13. The predicted octanol–water partition coefficient (Wildman–Crippen LogP) is 2.19. The van der Waals surface area contributed by atoms with E-state index in [1.807, 2.05) is 0 Å². The number of anilines is 1. The second-order valence-corrected chi connectivity index (χ2v) is 6.60. The van der Waals surface area contributed by atoms with E-state index >= 15 is 0 Å². The number of hydrogen-bond donors (Lipinski definition) is 1. The van der Waals surface area contributed by atoms with Crippen LogP contribution in [0.25, 0.3) is 0 Å². The van der Waals surface area contributed by atoms with Gasteiger partial charge >= 0.3 is 0 Å². The summed E-state index contributed by atoms with van der Waals surface area (Å²) >= 11 is 0. The van der Waals surface area contributed by atoms with Gasteiger partial charge in [-0.2, -0.15) is 0 Å². The van der Waals surface area contributed by atoms with E-state index in [2.05, 4.69) is 0 Å². The fourth-order valence-electron chi connectivity index (χ4n) is 1.92. The van der Waals surface area contributed by atoms with Crippen molar-refractivity contribution in [1.29, 1.82) is 0 Å². The van der Waals surface area contributed by atoms with E-state index in [9.17, 15) is 8.42 Å². The van der Waals surface area contributed by atoms with Crippen molar-refractivity contribution < 1.29 is 22.6 Å². The monoisotopic (exact) mass is 307 g/mol. The van der Waals surface area contributed by atoms with E-state index in [-0.39, 0.29) is 17.4 Å². The molecule has 21 heavy (non-hydrogen) atoms. The second-order valence-electron chi connectivity index (χ2n) is 4.59. The zero-order valence-electron chi connectivity index (χ0n) is 11.2.